The molecule has 0 saturated heterocycles. The molecule has 6 nitrogen and oxygen atoms in total. The van der Waals surface area contributed by atoms with Crippen molar-refractivity contribution < 1.29 is 4.52 Å². The van der Waals surface area contributed by atoms with Gasteiger partial charge in [-0.2, -0.15) is 4.98 Å². The summed E-state index contributed by atoms with van der Waals surface area (Å²) >= 11 is 7.75. The molecule has 146 valence electrons. The molecule has 0 amide bonds. The molecule has 1 heterocycles. The Kier molecular flexibility index (Phi) is 6.95. The van der Waals surface area contributed by atoms with Crippen LogP contribution in [0.3, 0.4) is 0 Å². The summed E-state index contributed by atoms with van der Waals surface area (Å²) in [5.74, 6) is 1.64. The third-order valence-corrected chi connectivity index (χ3v) is 5.13. The van der Waals surface area contributed by atoms with E-state index in [9.17, 15) is 0 Å². The van der Waals surface area contributed by atoms with Gasteiger partial charge in [-0.3, -0.25) is 4.99 Å². The first kappa shape index (κ1) is 20.2. The summed E-state index contributed by atoms with van der Waals surface area (Å²) < 4.78 is 5.31. The molecule has 2 aromatic carbocycles. The fourth-order valence-electron chi connectivity index (χ4n) is 2.63. The van der Waals surface area contributed by atoms with Crippen molar-refractivity contribution in [3.63, 3.8) is 0 Å². The molecule has 0 aliphatic heterocycles. The van der Waals surface area contributed by atoms with Crippen LogP contribution in [-0.4, -0.2) is 29.4 Å². The van der Waals surface area contributed by atoms with Crippen LogP contribution in [-0.2, 0) is 13.1 Å². The van der Waals surface area contributed by atoms with Gasteiger partial charge in [0.2, 0.25) is 11.7 Å². The van der Waals surface area contributed by atoms with E-state index in [1.165, 1.54) is 16.0 Å². The summed E-state index contributed by atoms with van der Waals surface area (Å²) in [7, 11) is 1.73. The summed E-state index contributed by atoms with van der Waals surface area (Å²) in [6.45, 7) is 3.14. The Morgan fingerprint density at radius 2 is 2.00 bits per heavy atom. The van der Waals surface area contributed by atoms with Crippen LogP contribution < -0.4 is 10.6 Å². The topological polar surface area (TPSA) is 75.3 Å². The fourth-order valence-corrected chi connectivity index (χ4v) is 3.52. The first-order valence-electron chi connectivity index (χ1n) is 8.75. The first-order valence-corrected chi connectivity index (χ1v) is 10.4. The quantitative estimate of drug-likeness (QED) is 0.355. The SMILES string of the molecule is CN=C(NCc1nc(-c2cccc(Cl)c2)no1)NCc1ccc(C)cc1SC. The van der Waals surface area contributed by atoms with E-state index in [1.54, 1.807) is 30.9 Å². The summed E-state index contributed by atoms with van der Waals surface area (Å²) in [5.41, 5.74) is 3.29. The molecule has 3 rings (SSSR count). The van der Waals surface area contributed by atoms with Gasteiger partial charge in [-0.05, 0) is 42.5 Å². The number of aryl methyl sites for hydroxylation is 1. The van der Waals surface area contributed by atoms with Crippen molar-refractivity contribution >= 4 is 29.3 Å². The molecule has 0 unspecified atom stereocenters. The molecule has 0 atom stereocenters. The first-order chi connectivity index (χ1) is 13.6. The Balaban J connectivity index is 1.58. The molecule has 0 fully saturated rings. The van der Waals surface area contributed by atoms with Gasteiger partial charge in [0.25, 0.3) is 0 Å². The van der Waals surface area contributed by atoms with Gasteiger partial charge in [-0.1, -0.05) is 41.0 Å². The van der Waals surface area contributed by atoms with Crippen molar-refractivity contribution in [2.75, 3.05) is 13.3 Å². The maximum Gasteiger partial charge on any atom is 0.246 e. The Morgan fingerprint density at radius 3 is 2.75 bits per heavy atom. The minimum absolute atomic E-state index is 0.372. The van der Waals surface area contributed by atoms with Gasteiger partial charge in [0.15, 0.2) is 5.96 Å². The monoisotopic (exact) mass is 415 g/mol. The van der Waals surface area contributed by atoms with Crippen molar-refractivity contribution in [2.24, 2.45) is 4.99 Å². The molecule has 0 spiro atoms. The van der Waals surface area contributed by atoms with Gasteiger partial charge >= 0.3 is 0 Å². The van der Waals surface area contributed by atoms with Gasteiger partial charge in [-0.25, -0.2) is 0 Å². The zero-order chi connectivity index (χ0) is 19.9. The number of guanidine groups is 1. The van der Waals surface area contributed by atoms with Crippen LogP contribution >= 0.6 is 23.4 Å². The number of rotatable bonds is 6. The van der Waals surface area contributed by atoms with Gasteiger partial charge in [-0.15, -0.1) is 11.8 Å². The maximum atomic E-state index is 6.01. The molecule has 0 saturated carbocycles. The van der Waals surface area contributed by atoms with E-state index in [-0.39, 0.29) is 0 Å². The zero-order valence-corrected chi connectivity index (χ0v) is 17.6. The molecule has 0 bridgehead atoms. The molecule has 0 aliphatic rings. The summed E-state index contributed by atoms with van der Waals surface area (Å²) in [5, 5.41) is 11.1. The van der Waals surface area contributed by atoms with Gasteiger partial charge < -0.3 is 15.2 Å². The number of halogens is 1. The van der Waals surface area contributed by atoms with E-state index in [0.29, 0.717) is 35.8 Å². The number of nitrogens with zero attached hydrogens (tertiary/aromatic N) is 3. The zero-order valence-electron chi connectivity index (χ0n) is 16.0. The van der Waals surface area contributed by atoms with Crippen LogP contribution in [0.5, 0.6) is 0 Å². The Hall–Kier alpha value is -2.51. The molecule has 1 aromatic heterocycles. The minimum Gasteiger partial charge on any atom is -0.352 e. The van der Waals surface area contributed by atoms with Gasteiger partial charge in [0, 0.05) is 29.1 Å². The van der Waals surface area contributed by atoms with Crippen molar-refractivity contribution in [1.82, 2.24) is 20.8 Å². The fraction of sp³-hybridized carbons (Fsp3) is 0.250. The van der Waals surface area contributed by atoms with E-state index in [2.05, 4.69) is 57.1 Å². The van der Waals surface area contributed by atoms with E-state index in [4.69, 9.17) is 16.1 Å². The average Bonchev–Trinajstić information content (AvgIpc) is 3.18. The highest BCUT2D eigenvalue weighted by Crippen LogP contribution is 2.22. The number of thioether (sulfide) groups is 1. The van der Waals surface area contributed by atoms with E-state index < -0.39 is 0 Å². The van der Waals surface area contributed by atoms with Crippen LogP contribution in [0.2, 0.25) is 5.02 Å². The predicted octanol–water partition coefficient (Wildman–Crippen LogP) is 4.29. The lowest BCUT2D eigenvalue weighted by Crippen LogP contribution is -2.36. The highest BCUT2D eigenvalue weighted by atomic mass is 35.5. The van der Waals surface area contributed by atoms with Crippen LogP contribution in [0.15, 0.2) is 56.9 Å². The second-order valence-electron chi connectivity index (χ2n) is 6.12. The number of hydrogen-bond acceptors (Lipinski definition) is 5. The average molecular weight is 416 g/mol. The molecule has 8 heteroatoms. The largest absolute Gasteiger partial charge is 0.352 e. The van der Waals surface area contributed by atoms with Gasteiger partial charge in [0.05, 0.1) is 6.54 Å². The molecule has 0 aliphatic carbocycles. The Bertz CT molecular complexity index is 973. The molecule has 2 N–H and O–H groups in total. The number of hydrogen-bond donors (Lipinski definition) is 2. The molecule has 28 heavy (non-hydrogen) atoms. The molecule has 0 radical (unpaired) electrons. The minimum atomic E-state index is 0.372. The molecule has 3 aromatic rings. The van der Waals surface area contributed by atoms with Gasteiger partial charge in [0.1, 0.15) is 0 Å². The number of benzene rings is 2. The van der Waals surface area contributed by atoms with Crippen molar-refractivity contribution in [3.8, 4) is 11.4 Å². The predicted molar refractivity (Wildman–Crippen MR) is 115 cm³/mol. The lowest BCUT2D eigenvalue weighted by atomic mass is 10.1. The number of aromatic nitrogens is 2. The van der Waals surface area contributed by atoms with Crippen LogP contribution in [0, 0.1) is 6.92 Å². The van der Waals surface area contributed by atoms with E-state index in [0.717, 1.165) is 5.56 Å². The number of nitrogens with one attached hydrogen (secondary N) is 2. The standard InChI is InChI=1S/C20H22ClN5OS/c1-13-7-8-15(17(9-13)28-3)11-23-20(22-2)24-12-18-25-19(26-27-18)14-5-4-6-16(21)10-14/h4-10H,11-12H2,1-3H3,(H2,22,23,24). The molecular formula is C20H22ClN5OS. The van der Waals surface area contributed by atoms with Crippen molar-refractivity contribution in [3.05, 3.63) is 64.5 Å². The normalized spacial score (nSPS) is 11.5. The van der Waals surface area contributed by atoms with E-state index >= 15 is 0 Å². The van der Waals surface area contributed by atoms with Crippen LogP contribution in [0.4, 0.5) is 0 Å². The third kappa shape index (κ3) is 5.27. The third-order valence-electron chi connectivity index (χ3n) is 4.07. The van der Waals surface area contributed by atoms with Crippen LogP contribution in [0.1, 0.15) is 17.0 Å². The summed E-state index contributed by atoms with van der Waals surface area (Å²) in [6, 6.07) is 13.8. The second kappa shape index (κ2) is 9.61. The van der Waals surface area contributed by atoms with Crippen molar-refractivity contribution in [1.29, 1.82) is 0 Å². The summed E-state index contributed by atoms with van der Waals surface area (Å²) in [4.78, 5) is 9.90. The highest BCUT2D eigenvalue weighted by molar-refractivity contribution is 7.98. The van der Waals surface area contributed by atoms with Crippen molar-refractivity contribution in [2.45, 2.75) is 24.9 Å². The van der Waals surface area contributed by atoms with E-state index in [1.807, 2.05) is 12.1 Å². The molecular weight excluding hydrogens is 394 g/mol. The second-order valence-corrected chi connectivity index (χ2v) is 7.40. The van der Waals surface area contributed by atoms with Crippen LogP contribution in [0.25, 0.3) is 11.4 Å². The maximum absolute atomic E-state index is 6.01. The smallest absolute Gasteiger partial charge is 0.246 e. The lowest BCUT2D eigenvalue weighted by Gasteiger charge is -2.13. The Morgan fingerprint density at radius 1 is 1.18 bits per heavy atom. The highest BCUT2D eigenvalue weighted by Gasteiger charge is 2.10. The lowest BCUT2D eigenvalue weighted by molar-refractivity contribution is 0.375. The number of aliphatic imine (C=N–C) groups is 1. The Labute approximate surface area is 173 Å². The summed E-state index contributed by atoms with van der Waals surface area (Å²) in [6.07, 6.45) is 2.08.